The summed E-state index contributed by atoms with van der Waals surface area (Å²) in [5.74, 6) is -1.01. The van der Waals surface area contributed by atoms with Gasteiger partial charge in [0.2, 0.25) is 11.7 Å². The Labute approximate surface area is 173 Å². The predicted molar refractivity (Wildman–Crippen MR) is 110 cm³/mol. The number of fused-ring (bicyclic) bond motifs is 1. The fourth-order valence-electron chi connectivity index (χ4n) is 3.60. The molecule has 2 heterocycles. The Morgan fingerprint density at radius 1 is 1.13 bits per heavy atom. The number of ketones is 1. The van der Waals surface area contributed by atoms with Gasteiger partial charge in [0.15, 0.2) is 12.4 Å². The van der Waals surface area contributed by atoms with E-state index in [1.165, 1.54) is 7.11 Å². The highest BCUT2D eigenvalue weighted by Crippen LogP contribution is 2.27. The van der Waals surface area contributed by atoms with Crippen LogP contribution in [0.3, 0.4) is 0 Å². The van der Waals surface area contributed by atoms with E-state index in [-0.39, 0.29) is 24.1 Å². The second kappa shape index (κ2) is 8.51. The summed E-state index contributed by atoms with van der Waals surface area (Å²) in [6.45, 7) is 0.390. The van der Waals surface area contributed by atoms with E-state index in [0.29, 0.717) is 35.4 Å². The lowest BCUT2D eigenvalue weighted by molar-refractivity contribution is -0.117. The zero-order valence-electron chi connectivity index (χ0n) is 16.6. The number of carbonyl (C=O) groups is 3. The first kappa shape index (κ1) is 19.8. The maximum atomic E-state index is 12.6. The van der Waals surface area contributed by atoms with Crippen molar-refractivity contribution in [1.82, 2.24) is 0 Å². The summed E-state index contributed by atoms with van der Waals surface area (Å²) in [5, 5.41) is 0.764. The number of para-hydroxylation sites is 1. The molecule has 154 valence electrons. The summed E-state index contributed by atoms with van der Waals surface area (Å²) in [5.41, 5.74) is 2.18. The maximum absolute atomic E-state index is 12.6. The van der Waals surface area contributed by atoms with Crippen LogP contribution in [-0.2, 0) is 20.9 Å². The Bertz CT molecular complexity index is 1120. The summed E-state index contributed by atoms with van der Waals surface area (Å²) in [4.78, 5) is 38.8. The SMILES string of the molecule is COCc1c(C(=O)OCC(=O)c2cccc(N3CCCC3=O)c2)oc2ccccc12. The monoisotopic (exact) mass is 407 g/mol. The van der Waals surface area contributed by atoms with Crippen LogP contribution in [0.1, 0.15) is 39.3 Å². The molecule has 7 heteroatoms. The average Bonchev–Trinajstić information content (AvgIpc) is 3.36. The van der Waals surface area contributed by atoms with Crippen molar-refractivity contribution < 1.29 is 28.3 Å². The molecular formula is C23H21NO6. The molecule has 0 radical (unpaired) electrons. The minimum atomic E-state index is -0.725. The zero-order chi connectivity index (χ0) is 21.1. The topological polar surface area (TPSA) is 86.0 Å². The predicted octanol–water partition coefficient (Wildman–Crippen LogP) is 3.75. The zero-order valence-corrected chi connectivity index (χ0v) is 16.6. The Morgan fingerprint density at radius 2 is 1.97 bits per heavy atom. The van der Waals surface area contributed by atoms with Crippen molar-refractivity contribution in [3.8, 4) is 0 Å². The minimum Gasteiger partial charge on any atom is -0.451 e. The smallest absolute Gasteiger partial charge is 0.375 e. The molecule has 1 aromatic heterocycles. The van der Waals surface area contributed by atoms with E-state index in [1.807, 2.05) is 12.1 Å². The number of amides is 1. The Kier molecular flexibility index (Phi) is 5.63. The van der Waals surface area contributed by atoms with Gasteiger partial charge in [0.25, 0.3) is 0 Å². The summed E-state index contributed by atoms with van der Waals surface area (Å²) >= 11 is 0. The number of esters is 1. The van der Waals surface area contributed by atoms with E-state index in [0.717, 1.165) is 11.8 Å². The summed E-state index contributed by atoms with van der Waals surface area (Å²) in [6.07, 6.45) is 1.31. The van der Waals surface area contributed by atoms with Crippen molar-refractivity contribution in [1.29, 1.82) is 0 Å². The molecule has 1 saturated heterocycles. The highest BCUT2D eigenvalue weighted by atomic mass is 16.5. The van der Waals surface area contributed by atoms with E-state index in [1.54, 1.807) is 41.3 Å². The highest BCUT2D eigenvalue weighted by molar-refractivity contribution is 6.02. The normalized spacial score (nSPS) is 13.8. The van der Waals surface area contributed by atoms with Crippen LogP contribution in [0.2, 0.25) is 0 Å². The molecule has 2 aromatic carbocycles. The van der Waals surface area contributed by atoms with Gasteiger partial charge in [-0.25, -0.2) is 4.79 Å². The summed E-state index contributed by atoms with van der Waals surface area (Å²) < 4.78 is 16.1. The third-order valence-electron chi connectivity index (χ3n) is 5.06. The number of ether oxygens (including phenoxy) is 2. The van der Waals surface area contributed by atoms with Gasteiger partial charge in [0.1, 0.15) is 5.58 Å². The molecule has 0 unspecified atom stereocenters. The molecule has 0 N–H and O–H groups in total. The van der Waals surface area contributed by atoms with Crippen LogP contribution in [0.25, 0.3) is 11.0 Å². The maximum Gasteiger partial charge on any atom is 0.375 e. The largest absolute Gasteiger partial charge is 0.451 e. The van der Waals surface area contributed by atoms with Gasteiger partial charge in [-0.2, -0.15) is 0 Å². The van der Waals surface area contributed by atoms with E-state index < -0.39 is 12.6 Å². The molecule has 3 aromatic rings. The highest BCUT2D eigenvalue weighted by Gasteiger charge is 2.24. The number of benzene rings is 2. The number of nitrogens with zero attached hydrogens (tertiary/aromatic N) is 1. The van der Waals surface area contributed by atoms with E-state index in [4.69, 9.17) is 13.9 Å². The molecule has 0 aliphatic carbocycles. The third kappa shape index (κ3) is 3.84. The Morgan fingerprint density at radius 3 is 2.73 bits per heavy atom. The first-order valence-corrected chi connectivity index (χ1v) is 9.68. The standard InChI is InChI=1S/C23H21NO6/c1-28-13-18-17-8-2-3-9-20(17)30-22(18)23(27)29-14-19(25)15-6-4-7-16(12-15)24-11-5-10-21(24)26/h2-4,6-9,12H,5,10-11,13-14H2,1H3. The van der Waals surface area contributed by atoms with E-state index in [2.05, 4.69) is 0 Å². The van der Waals surface area contributed by atoms with Gasteiger partial charge < -0.3 is 18.8 Å². The van der Waals surface area contributed by atoms with Crippen molar-refractivity contribution in [2.24, 2.45) is 0 Å². The van der Waals surface area contributed by atoms with Gasteiger partial charge in [-0.3, -0.25) is 9.59 Å². The van der Waals surface area contributed by atoms with Gasteiger partial charge in [-0.1, -0.05) is 30.3 Å². The number of rotatable bonds is 7. The third-order valence-corrected chi connectivity index (χ3v) is 5.06. The summed E-state index contributed by atoms with van der Waals surface area (Å²) in [7, 11) is 1.53. The number of anilines is 1. The lowest BCUT2D eigenvalue weighted by atomic mass is 10.1. The second-order valence-corrected chi connectivity index (χ2v) is 7.04. The van der Waals surface area contributed by atoms with Gasteiger partial charge in [0, 0.05) is 42.3 Å². The number of hydrogen-bond donors (Lipinski definition) is 0. The minimum absolute atomic E-state index is 0.0299. The number of carbonyl (C=O) groups excluding carboxylic acids is 3. The first-order chi connectivity index (χ1) is 14.6. The van der Waals surface area contributed by atoms with Crippen LogP contribution in [0.15, 0.2) is 52.9 Å². The molecule has 4 rings (SSSR count). The Balaban J connectivity index is 1.48. The molecule has 0 bridgehead atoms. The van der Waals surface area contributed by atoms with Gasteiger partial charge in [-0.05, 0) is 24.6 Å². The lowest BCUT2D eigenvalue weighted by Crippen LogP contribution is -2.24. The molecule has 30 heavy (non-hydrogen) atoms. The van der Waals surface area contributed by atoms with Crippen molar-refractivity contribution in [2.75, 3.05) is 25.2 Å². The molecule has 1 aliphatic rings. The number of furan rings is 1. The molecule has 1 fully saturated rings. The van der Waals surface area contributed by atoms with Crippen LogP contribution in [0, 0.1) is 0 Å². The molecule has 0 atom stereocenters. The molecule has 1 aliphatic heterocycles. The van der Waals surface area contributed by atoms with Gasteiger partial charge >= 0.3 is 5.97 Å². The van der Waals surface area contributed by atoms with Crippen LogP contribution < -0.4 is 4.90 Å². The van der Waals surface area contributed by atoms with Crippen LogP contribution >= 0.6 is 0 Å². The van der Waals surface area contributed by atoms with Gasteiger partial charge in [0.05, 0.1) is 6.61 Å². The fraction of sp³-hybridized carbons (Fsp3) is 0.261. The molecular weight excluding hydrogens is 386 g/mol. The summed E-state index contributed by atoms with van der Waals surface area (Å²) in [6, 6.07) is 14.0. The molecule has 1 amide bonds. The van der Waals surface area contributed by atoms with Gasteiger partial charge in [-0.15, -0.1) is 0 Å². The number of methoxy groups -OCH3 is 1. The fourth-order valence-corrected chi connectivity index (χ4v) is 3.60. The van der Waals surface area contributed by atoms with Crippen LogP contribution in [0.4, 0.5) is 5.69 Å². The molecule has 7 nitrogen and oxygen atoms in total. The lowest BCUT2D eigenvalue weighted by Gasteiger charge is -2.16. The van der Waals surface area contributed by atoms with E-state index in [9.17, 15) is 14.4 Å². The van der Waals surface area contributed by atoms with Crippen molar-refractivity contribution in [3.05, 3.63) is 65.4 Å². The van der Waals surface area contributed by atoms with E-state index >= 15 is 0 Å². The number of hydrogen-bond acceptors (Lipinski definition) is 6. The first-order valence-electron chi connectivity index (χ1n) is 9.68. The van der Waals surface area contributed by atoms with Crippen molar-refractivity contribution in [2.45, 2.75) is 19.4 Å². The average molecular weight is 407 g/mol. The number of Topliss-reactive ketones (excluding diaryl/α,β-unsaturated/α-hetero) is 1. The quantitative estimate of drug-likeness (QED) is 0.438. The molecule has 0 saturated carbocycles. The van der Waals surface area contributed by atoms with Crippen molar-refractivity contribution >= 4 is 34.3 Å². The van der Waals surface area contributed by atoms with Crippen LogP contribution in [0.5, 0.6) is 0 Å². The van der Waals surface area contributed by atoms with Crippen LogP contribution in [-0.4, -0.2) is 37.9 Å². The Hall–Kier alpha value is -3.45. The molecule has 0 spiro atoms. The second-order valence-electron chi connectivity index (χ2n) is 7.04. The van der Waals surface area contributed by atoms with Crippen molar-refractivity contribution in [3.63, 3.8) is 0 Å².